The van der Waals surface area contributed by atoms with Crippen LogP contribution in [0.3, 0.4) is 0 Å². The van der Waals surface area contributed by atoms with Crippen molar-refractivity contribution in [3.05, 3.63) is 50.7 Å². The molecule has 0 amide bonds. The monoisotopic (exact) mass is 586 g/mol. The lowest BCUT2D eigenvalue weighted by Gasteiger charge is -2.37. The minimum absolute atomic E-state index is 0.136. The zero-order valence-corrected chi connectivity index (χ0v) is 20.7. The molecule has 4 atom stereocenters. The topological polar surface area (TPSA) is 267 Å². The number of phenols is 6. The minimum atomic E-state index is -1.94. The number of esters is 1. The van der Waals surface area contributed by atoms with Gasteiger partial charge in [0.05, 0.1) is 22.9 Å². The highest BCUT2D eigenvalue weighted by atomic mass is 16.7. The van der Waals surface area contributed by atoms with E-state index in [4.69, 9.17) is 23.0 Å². The van der Waals surface area contributed by atoms with Gasteiger partial charge in [-0.3, -0.25) is 0 Å². The molecule has 3 aromatic carbocycles. The molecular weight excluding hydrogens is 568 g/mol. The highest BCUT2D eigenvalue weighted by Gasteiger charge is 2.43. The van der Waals surface area contributed by atoms with E-state index >= 15 is 0 Å². The van der Waals surface area contributed by atoms with Crippen molar-refractivity contribution in [2.45, 2.75) is 24.6 Å². The summed E-state index contributed by atoms with van der Waals surface area (Å²) in [7, 11) is 0. The van der Waals surface area contributed by atoms with Gasteiger partial charge in [0.2, 0.25) is 17.8 Å². The van der Waals surface area contributed by atoms with Crippen molar-refractivity contribution < 1.29 is 68.7 Å². The molecule has 0 unspecified atom stereocenters. The van der Waals surface area contributed by atoms with Crippen LogP contribution in [0.4, 0.5) is 0 Å². The van der Waals surface area contributed by atoms with E-state index in [0.29, 0.717) is 0 Å². The van der Waals surface area contributed by atoms with Crippen LogP contribution in [-0.2, 0) is 9.47 Å². The number of carbonyl (C=O) groups excluding carboxylic acids is 1. The zero-order chi connectivity index (χ0) is 30.2. The highest BCUT2D eigenvalue weighted by Crippen LogP contribution is 2.45. The molecule has 0 saturated carbocycles. The van der Waals surface area contributed by atoms with E-state index in [1.807, 2.05) is 0 Å². The molecule has 1 saturated heterocycles. The van der Waals surface area contributed by atoms with E-state index < -0.39 is 105 Å². The quantitative estimate of drug-likeness (QED) is 0.0613. The van der Waals surface area contributed by atoms with Gasteiger partial charge in [0.25, 0.3) is 0 Å². The fourth-order valence-electron chi connectivity index (χ4n) is 4.72. The number of hydrogen-bond donors (Lipinski definition) is 8. The van der Waals surface area contributed by atoms with Gasteiger partial charge in [-0.05, 0) is 24.3 Å². The zero-order valence-electron chi connectivity index (χ0n) is 20.7. The first-order valence-electron chi connectivity index (χ1n) is 11.9. The van der Waals surface area contributed by atoms with Gasteiger partial charge in [0, 0.05) is 10.8 Å². The van der Waals surface area contributed by atoms with E-state index in [1.165, 1.54) is 0 Å². The first kappa shape index (κ1) is 26.8. The van der Waals surface area contributed by atoms with Crippen molar-refractivity contribution in [3.63, 3.8) is 0 Å². The Morgan fingerprint density at radius 1 is 0.762 bits per heavy atom. The lowest BCUT2D eigenvalue weighted by atomic mass is 10.0. The summed E-state index contributed by atoms with van der Waals surface area (Å²) >= 11 is 0. The Hall–Kier alpha value is -5.45. The summed E-state index contributed by atoms with van der Waals surface area (Å²) in [6.45, 7) is -0.569. The number of aromatic hydroxyl groups is 6. The Bertz CT molecular complexity index is 2000. The summed E-state index contributed by atoms with van der Waals surface area (Å²) < 4.78 is 26.2. The molecule has 1 aliphatic rings. The summed E-state index contributed by atoms with van der Waals surface area (Å²) in [5.74, 6) is -6.81. The number of hydrogen-bond acceptors (Lipinski definition) is 16. The molecule has 0 aliphatic carbocycles. The maximum Gasteiger partial charge on any atom is 0.344 e. The number of rotatable bonds is 4. The second-order valence-electron chi connectivity index (χ2n) is 9.36. The molecule has 16 heteroatoms. The van der Waals surface area contributed by atoms with Gasteiger partial charge in [-0.25, -0.2) is 14.4 Å². The van der Waals surface area contributed by atoms with Gasteiger partial charge < -0.3 is 63.9 Å². The normalized spacial score (nSPS) is 20.8. The van der Waals surface area contributed by atoms with Crippen LogP contribution >= 0.6 is 0 Å². The number of aliphatic hydroxyl groups excluding tert-OH is 2. The fourth-order valence-corrected chi connectivity index (χ4v) is 4.72. The molecule has 0 spiro atoms. The smallest absolute Gasteiger partial charge is 0.344 e. The molecule has 5 aromatic rings. The molecule has 0 radical (unpaired) electrons. The lowest BCUT2D eigenvalue weighted by molar-refractivity contribution is -0.241. The Morgan fingerprint density at radius 3 is 1.93 bits per heavy atom. The Morgan fingerprint density at radius 2 is 1.31 bits per heavy atom. The lowest BCUT2D eigenvalue weighted by Crippen LogP contribution is -2.56. The van der Waals surface area contributed by atoms with Crippen LogP contribution < -0.4 is 16.0 Å². The minimum Gasteiger partial charge on any atom is -0.504 e. The number of aliphatic hydroxyl groups is 2. The van der Waals surface area contributed by atoms with E-state index in [0.717, 1.165) is 24.3 Å². The number of phenolic OH excluding ortho intramolecular Hbond substituents is 6. The second kappa shape index (κ2) is 9.30. The molecule has 1 fully saturated rings. The average molecular weight is 586 g/mol. The molecule has 8 N–H and O–H groups in total. The van der Waals surface area contributed by atoms with Gasteiger partial charge >= 0.3 is 17.2 Å². The van der Waals surface area contributed by atoms with Gasteiger partial charge in [0.1, 0.15) is 6.10 Å². The maximum atomic E-state index is 12.8. The maximum absolute atomic E-state index is 12.8. The average Bonchev–Trinajstić information content (AvgIpc) is 2.94. The molecule has 16 nitrogen and oxygen atoms in total. The van der Waals surface area contributed by atoms with E-state index in [2.05, 4.69) is 0 Å². The summed E-state index contributed by atoms with van der Waals surface area (Å²) in [6.07, 6.45) is -7.02. The van der Waals surface area contributed by atoms with Crippen molar-refractivity contribution in [1.82, 2.24) is 0 Å². The second-order valence-corrected chi connectivity index (χ2v) is 9.36. The van der Waals surface area contributed by atoms with Crippen molar-refractivity contribution in [3.8, 4) is 40.2 Å². The molecular formula is C26H18O16. The van der Waals surface area contributed by atoms with Crippen LogP contribution in [0.2, 0.25) is 0 Å². The molecule has 1 aliphatic heterocycles. The van der Waals surface area contributed by atoms with Crippen molar-refractivity contribution in [2.75, 3.05) is 6.61 Å². The van der Waals surface area contributed by atoms with Gasteiger partial charge in [-0.15, -0.1) is 0 Å². The standard InChI is InChI=1S/C26H18O16/c27-9-1-6(2-10(28)16(9)31)23(35)40-20-12(30)5-38-26(19(20)34)39-13-4-8-15-14-7(24(36)42-22(15)18(13)33)3-11(29)17(32)21(14)41-25(8)37/h1-4,12,19-20,26-34H,5H2/t12-,19-,20+,26+/m1/s1. The van der Waals surface area contributed by atoms with Gasteiger partial charge in [-0.2, -0.15) is 0 Å². The highest BCUT2D eigenvalue weighted by molar-refractivity contribution is 6.22. The summed E-state index contributed by atoms with van der Waals surface area (Å²) in [5.41, 5.74) is -3.73. The number of benzene rings is 3. The van der Waals surface area contributed by atoms with Crippen molar-refractivity contribution >= 4 is 38.7 Å². The Labute approximate surface area is 229 Å². The molecule has 0 bridgehead atoms. The van der Waals surface area contributed by atoms with Crippen LogP contribution in [0.1, 0.15) is 10.4 Å². The fraction of sp³-hybridized carbons (Fsp3) is 0.192. The number of ether oxygens (including phenoxy) is 3. The van der Waals surface area contributed by atoms with Crippen LogP contribution in [0.5, 0.6) is 40.2 Å². The predicted molar refractivity (Wildman–Crippen MR) is 135 cm³/mol. The predicted octanol–water partition coefficient (Wildman–Crippen LogP) is 0.406. The first-order chi connectivity index (χ1) is 19.9. The Balaban J connectivity index is 1.37. The largest absolute Gasteiger partial charge is 0.504 e. The third-order valence-corrected chi connectivity index (χ3v) is 6.75. The SMILES string of the molecule is O=C(O[C@@H]1[C@@H](O)[C@H](Oc2cc3c(=O)oc4c(O)c(O)cc5c(=O)oc(c2O)c3c45)OC[C@H]1O)c1cc(O)c(O)c(O)c1. The van der Waals surface area contributed by atoms with Crippen LogP contribution in [0.25, 0.3) is 32.7 Å². The molecule has 42 heavy (non-hydrogen) atoms. The molecule has 6 rings (SSSR count). The summed E-state index contributed by atoms with van der Waals surface area (Å²) in [5, 5.41) is 80.1. The van der Waals surface area contributed by atoms with Crippen molar-refractivity contribution in [1.29, 1.82) is 0 Å². The third-order valence-electron chi connectivity index (χ3n) is 6.75. The van der Waals surface area contributed by atoms with Gasteiger partial charge in [0.15, 0.2) is 52.1 Å². The first-order valence-corrected chi connectivity index (χ1v) is 11.9. The Kier molecular flexibility index (Phi) is 5.92. The molecule has 2 aromatic heterocycles. The van der Waals surface area contributed by atoms with E-state index in [9.17, 15) is 55.2 Å². The van der Waals surface area contributed by atoms with Crippen LogP contribution in [0.15, 0.2) is 42.7 Å². The molecule has 3 heterocycles. The van der Waals surface area contributed by atoms with Crippen LogP contribution in [0, 0.1) is 0 Å². The number of carbonyl (C=O) groups is 1. The van der Waals surface area contributed by atoms with Crippen LogP contribution in [-0.4, -0.2) is 78.0 Å². The summed E-state index contributed by atoms with van der Waals surface area (Å²) in [4.78, 5) is 38.1. The van der Waals surface area contributed by atoms with E-state index in [1.54, 1.807) is 0 Å². The third kappa shape index (κ3) is 3.92. The van der Waals surface area contributed by atoms with Crippen molar-refractivity contribution in [2.24, 2.45) is 0 Å². The van der Waals surface area contributed by atoms with Gasteiger partial charge in [-0.1, -0.05) is 0 Å². The van der Waals surface area contributed by atoms with E-state index in [-0.39, 0.29) is 21.5 Å². The summed E-state index contributed by atoms with van der Waals surface area (Å²) in [6, 6.07) is 3.40. The molecule has 218 valence electrons.